The number of hydrogen-bond donors (Lipinski definition) is 3. The van der Waals surface area contributed by atoms with Gasteiger partial charge in [-0.3, -0.25) is 0 Å². The molecule has 2 heterocycles. The van der Waals surface area contributed by atoms with E-state index in [9.17, 15) is 13.5 Å². The summed E-state index contributed by atoms with van der Waals surface area (Å²) in [5, 5.41) is 17.5. The number of aliphatic hydroxyl groups is 1. The van der Waals surface area contributed by atoms with Crippen LogP contribution in [-0.4, -0.2) is 47.1 Å². The lowest BCUT2D eigenvalue weighted by molar-refractivity contribution is 0.190. The van der Waals surface area contributed by atoms with E-state index in [1.165, 1.54) is 0 Å². The quantitative estimate of drug-likeness (QED) is 0.220. The number of hydrogen-bond acceptors (Lipinski definition) is 9. The SMILES string of the molecule is O=S1(=O)CC(O)C(Nc2nc(NCc3ccccc3Sc3ccccc3COI)nc3ccccc23)C1. The molecule has 2 atom stereocenters. The van der Waals surface area contributed by atoms with E-state index in [1.54, 1.807) is 11.8 Å². The van der Waals surface area contributed by atoms with Crippen molar-refractivity contribution in [2.75, 3.05) is 22.1 Å². The number of sulfone groups is 1. The number of nitrogens with zero attached hydrogens (tertiary/aromatic N) is 2. The predicted molar refractivity (Wildman–Crippen MR) is 155 cm³/mol. The Balaban J connectivity index is 1.38. The second-order valence-electron chi connectivity index (χ2n) is 8.73. The Hall–Kier alpha value is -2.45. The maximum Gasteiger partial charge on any atom is 0.225 e. The number of aromatic nitrogens is 2. The van der Waals surface area contributed by atoms with Gasteiger partial charge in [0.05, 0.1) is 35.8 Å². The second kappa shape index (κ2) is 11.5. The van der Waals surface area contributed by atoms with E-state index in [1.807, 2.05) is 71.5 Å². The lowest BCUT2D eigenvalue weighted by Crippen LogP contribution is -2.32. The standard InChI is InChI=1S/C26H25IN4O4S2/c27-35-14-18-8-2-6-12-24(18)36-23-11-5-1-7-17(23)13-28-26-30-20-10-4-3-9-19(20)25(31-26)29-21-15-37(33,34)16-22(21)32/h1-12,21-22,32H,13-16H2,(H2,28,29,30,31). The van der Waals surface area contributed by atoms with Crippen LogP contribution in [0.2, 0.25) is 0 Å². The molecule has 1 aliphatic rings. The molecule has 3 N–H and O–H groups in total. The highest BCUT2D eigenvalue weighted by Crippen LogP contribution is 2.34. The molecule has 1 aliphatic heterocycles. The summed E-state index contributed by atoms with van der Waals surface area (Å²) in [6.45, 7) is 1.02. The molecule has 0 spiro atoms. The molecule has 4 aromatic rings. The normalized spacial score (nSPS) is 18.6. The van der Waals surface area contributed by atoms with Gasteiger partial charge in [-0.15, -0.1) is 0 Å². The van der Waals surface area contributed by atoms with Crippen LogP contribution < -0.4 is 10.6 Å². The number of rotatable bonds is 9. The number of benzene rings is 3. The highest BCUT2D eigenvalue weighted by atomic mass is 127. The molecule has 0 bridgehead atoms. The third-order valence-electron chi connectivity index (χ3n) is 6.06. The largest absolute Gasteiger partial charge is 0.390 e. The Morgan fingerprint density at radius 3 is 2.35 bits per heavy atom. The molecule has 11 heteroatoms. The van der Waals surface area contributed by atoms with Crippen LogP contribution in [0.5, 0.6) is 0 Å². The first-order chi connectivity index (χ1) is 17.9. The van der Waals surface area contributed by atoms with Crippen molar-refractivity contribution in [3.05, 3.63) is 83.9 Å². The molecule has 1 fully saturated rings. The summed E-state index contributed by atoms with van der Waals surface area (Å²) >= 11 is 3.59. The lowest BCUT2D eigenvalue weighted by atomic mass is 10.2. The second-order valence-corrected chi connectivity index (χ2v) is 12.6. The first kappa shape index (κ1) is 26.2. The Kier molecular flexibility index (Phi) is 8.15. The van der Waals surface area contributed by atoms with Crippen LogP contribution in [0.1, 0.15) is 11.1 Å². The topological polar surface area (TPSA) is 113 Å². The molecule has 1 saturated heterocycles. The van der Waals surface area contributed by atoms with E-state index in [-0.39, 0.29) is 11.5 Å². The fourth-order valence-corrected chi connectivity index (χ4v) is 7.37. The van der Waals surface area contributed by atoms with Crippen molar-refractivity contribution >= 4 is 67.3 Å². The van der Waals surface area contributed by atoms with Crippen molar-refractivity contribution in [3.8, 4) is 0 Å². The maximum absolute atomic E-state index is 12.0. The van der Waals surface area contributed by atoms with E-state index in [4.69, 9.17) is 3.07 Å². The van der Waals surface area contributed by atoms with Crippen LogP contribution in [-0.2, 0) is 26.1 Å². The zero-order chi connectivity index (χ0) is 25.8. The fraction of sp³-hybridized carbons (Fsp3) is 0.231. The van der Waals surface area contributed by atoms with Gasteiger partial charge in [0.15, 0.2) is 9.84 Å². The number of halogens is 1. The molecular weight excluding hydrogens is 623 g/mol. The van der Waals surface area contributed by atoms with Crippen LogP contribution in [0.15, 0.2) is 82.6 Å². The maximum atomic E-state index is 12.0. The minimum atomic E-state index is -3.29. The Labute approximate surface area is 233 Å². The number of aliphatic hydroxyl groups excluding tert-OH is 1. The average molecular weight is 649 g/mol. The zero-order valence-electron chi connectivity index (χ0n) is 19.7. The number of anilines is 2. The van der Waals surface area contributed by atoms with Gasteiger partial charge in [-0.05, 0) is 35.4 Å². The van der Waals surface area contributed by atoms with Gasteiger partial charge in [0.25, 0.3) is 0 Å². The van der Waals surface area contributed by atoms with Crippen molar-refractivity contribution in [2.45, 2.75) is 35.1 Å². The monoisotopic (exact) mass is 648 g/mol. The minimum absolute atomic E-state index is 0.135. The van der Waals surface area contributed by atoms with E-state index < -0.39 is 22.0 Å². The first-order valence-corrected chi connectivity index (χ1v) is 15.2. The highest BCUT2D eigenvalue weighted by molar-refractivity contribution is 14.1. The van der Waals surface area contributed by atoms with Gasteiger partial charge in [-0.25, -0.2) is 13.4 Å². The summed E-state index contributed by atoms with van der Waals surface area (Å²) in [7, 11) is -3.29. The minimum Gasteiger partial charge on any atom is -0.390 e. The summed E-state index contributed by atoms with van der Waals surface area (Å²) in [6.07, 6.45) is -0.987. The van der Waals surface area contributed by atoms with E-state index in [0.717, 1.165) is 26.3 Å². The van der Waals surface area contributed by atoms with Gasteiger partial charge in [0, 0.05) is 21.7 Å². The van der Waals surface area contributed by atoms with Crippen molar-refractivity contribution in [1.82, 2.24) is 9.97 Å². The highest BCUT2D eigenvalue weighted by Gasteiger charge is 2.36. The Morgan fingerprint density at radius 2 is 1.62 bits per heavy atom. The molecule has 1 aromatic heterocycles. The van der Waals surface area contributed by atoms with E-state index in [2.05, 4.69) is 44.9 Å². The van der Waals surface area contributed by atoms with E-state index >= 15 is 0 Å². The molecule has 192 valence electrons. The van der Waals surface area contributed by atoms with Gasteiger partial charge in [-0.2, -0.15) is 4.98 Å². The number of para-hydroxylation sites is 1. The van der Waals surface area contributed by atoms with Crippen LogP contribution in [0, 0.1) is 0 Å². The number of nitrogens with one attached hydrogen (secondary N) is 2. The van der Waals surface area contributed by atoms with Gasteiger partial charge >= 0.3 is 0 Å². The first-order valence-electron chi connectivity index (χ1n) is 11.6. The fourth-order valence-electron chi connectivity index (χ4n) is 4.23. The average Bonchev–Trinajstić information content (AvgIpc) is 3.15. The van der Waals surface area contributed by atoms with Crippen LogP contribution in [0.3, 0.4) is 0 Å². The van der Waals surface area contributed by atoms with Gasteiger partial charge in [-0.1, -0.05) is 60.3 Å². The Morgan fingerprint density at radius 1 is 0.946 bits per heavy atom. The summed E-state index contributed by atoms with van der Waals surface area (Å²) in [5.41, 5.74) is 2.92. The molecular formula is C26H25IN4O4S2. The third kappa shape index (κ3) is 6.34. The predicted octanol–water partition coefficient (Wildman–Crippen LogP) is 4.83. The lowest BCUT2D eigenvalue weighted by Gasteiger charge is -2.18. The van der Waals surface area contributed by atoms with Crippen molar-refractivity contribution in [1.29, 1.82) is 0 Å². The third-order valence-corrected chi connectivity index (χ3v) is 9.32. The summed E-state index contributed by atoms with van der Waals surface area (Å²) in [6, 6.07) is 23.2. The summed E-state index contributed by atoms with van der Waals surface area (Å²) in [5.74, 6) is 0.518. The molecule has 0 aliphatic carbocycles. The summed E-state index contributed by atoms with van der Waals surface area (Å²) in [4.78, 5) is 11.5. The van der Waals surface area contributed by atoms with Crippen molar-refractivity contribution < 1.29 is 16.6 Å². The smallest absolute Gasteiger partial charge is 0.225 e. The van der Waals surface area contributed by atoms with Gasteiger partial charge in [0.2, 0.25) is 5.95 Å². The molecule has 2 unspecified atom stereocenters. The van der Waals surface area contributed by atoms with Gasteiger partial charge in [0.1, 0.15) is 28.8 Å². The van der Waals surface area contributed by atoms with Crippen molar-refractivity contribution in [2.24, 2.45) is 0 Å². The molecule has 0 saturated carbocycles. The van der Waals surface area contributed by atoms with Crippen LogP contribution in [0.25, 0.3) is 10.9 Å². The van der Waals surface area contributed by atoms with E-state index in [0.29, 0.717) is 30.4 Å². The molecule has 37 heavy (non-hydrogen) atoms. The summed E-state index contributed by atoms with van der Waals surface area (Å²) < 4.78 is 29.3. The number of fused-ring (bicyclic) bond motifs is 1. The molecule has 0 radical (unpaired) electrons. The van der Waals surface area contributed by atoms with Gasteiger partial charge < -0.3 is 18.8 Å². The van der Waals surface area contributed by atoms with Crippen molar-refractivity contribution in [3.63, 3.8) is 0 Å². The molecule has 8 nitrogen and oxygen atoms in total. The van der Waals surface area contributed by atoms with Crippen LogP contribution >= 0.6 is 34.8 Å². The Bertz CT molecular complexity index is 1520. The van der Waals surface area contributed by atoms with Crippen LogP contribution in [0.4, 0.5) is 11.8 Å². The molecule has 0 amide bonds. The molecule has 5 rings (SSSR count). The zero-order valence-corrected chi connectivity index (χ0v) is 23.5. The molecule has 3 aromatic carbocycles.